The third-order valence-electron chi connectivity index (χ3n) is 12.3. The number of aryl methyl sites for hydroxylation is 2. The van der Waals surface area contributed by atoms with Gasteiger partial charge in [0.15, 0.2) is 0 Å². The van der Waals surface area contributed by atoms with E-state index in [0.717, 1.165) is 5.01 Å². The summed E-state index contributed by atoms with van der Waals surface area (Å²) in [6.07, 6.45) is -9.22. The third-order valence-corrected chi connectivity index (χ3v) is 12.8. The van der Waals surface area contributed by atoms with Crippen LogP contribution in [0, 0.1) is 37.5 Å². The number of halogens is 8. The smallest absolute Gasteiger partial charge is 0.416 e. The maximum atomic E-state index is 15.5. The Labute approximate surface area is 348 Å². The van der Waals surface area contributed by atoms with Gasteiger partial charge in [0.05, 0.1) is 57.8 Å². The van der Waals surface area contributed by atoms with Crippen LogP contribution in [0.25, 0.3) is 0 Å². The minimum Gasteiger partial charge on any atom is -0.507 e. The molecule has 4 amide bonds. The van der Waals surface area contributed by atoms with Gasteiger partial charge < -0.3 is 9.84 Å². The summed E-state index contributed by atoms with van der Waals surface area (Å²) in [5.41, 5.74) is -0.897. The lowest BCUT2D eigenvalue weighted by atomic mass is 9.49. The van der Waals surface area contributed by atoms with Crippen molar-refractivity contribution < 1.29 is 55.4 Å². The van der Waals surface area contributed by atoms with Gasteiger partial charge in [-0.3, -0.25) is 24.6 Å². The van der Waals surface area contributed by atoms with Crippen LogP contribution in [0.3, 0.4) is 0 Å². The average molecular weight is 873 g/mol. The standard InChI is InChI=1S/C43H33Cl2F6N3O6/c1-19-12-21(13-20(2)36(19)55)35-28-9-10-29-34(39(58)53(37(29)56)26-15-23(42(46,47)48)14-24(16-26)43(49,50)51)30(28)18-31-38(57)54(52-33-11-6-25(44)17-32(33)45)40(59)41(31,35)22-4-7-27(60-3)8-5-22/h4-9,11-17,29-31,34-35,52,55H,10,18H2,1-3H3/t29-,30+,31-,34-,35-,41+/m0/s1. The minimum absolute atomic E-state index is 0.0279. The van der Waals surface area contributed by atoms with E-state index in [2.05, 4.69) is 5.43 Å². The van der Waals surface area contributed by atoms with Crippen molar-refractivity contribution >= 4 is 58.2 Å². The number of fused-ring (bicyclic) bond motifs is 4. The van der Waals surface area contributed by atoms with E-state index >= 15 is 4.79 Å². The molecule has 0 unspecified atom stereocenters. The fourth-order valence-corrected chi connectivity index (χ4v) is 10.1. The van der Waals surface area contributed by atoms with E-state index in [9.17, 15) is 45.8 Å². The van der Waals surface area contributed by atoms with E-state index in [-0.39, 0.29) is 40.4 Å². The highest BCUT2D eigenvalue weighted by molar-refractivity contribution is 6.36. The lowest BCUT2D eigenvalue weighted by Gasteiger charge is -2.50. The van der Waals surface area contributed by atoms with Gasteiger partial charge in [0.2, 0.25) is 11.8 Å². The molecule has 0 radical (unpaired) electrons. The number of ether oxygens (including phenoxy) is 1. The first-order valence-corrected chi connectivity index (χ1v) is 19.4. The number of imide groups is 2. The Balaban J connectivity index is 1.33. The van der Waals surface area contributed by atoms with Crippen molar-refractivity contribution in [3.63, 3.8) is 0 Å². The van der Waals surface area contributed by atoms with Gasteiger partial charge in [-0.15, -0.1) is 0 Å². The van der Waals surface area contributed by atoms with E-state index < -0.39 is 87.8 Å². The van der Waals surface area contributed by atoms with Crippen LogP contribution in [0.4, 0.5) is 37.7 Å². The number of anilines is 2. The second kappa shape index (κ2) is 14.3. The van der Waals surface area contributed by atoms with Gasteiger partial charge in [-0.1, -0.05) is 59.1 Å². The zero-order valence-electron chi connectivity index (χ0n) is 31.7. The summed E-state index contributed by atoms with van der Waals surface area (Å²) in [7, 11) is 1.45. The number of nitrogens with one attached hydrogen (secondary N) is 1. The van der Waals surface area contributed by atoms with E-state index in [1.807, 2.05) is 0 Å². The maximum absolute atomic E-state index is 15.5. The Morgan fingerprint density at radius 2 is 1.42 bits per heavy atom. The SMILES string of the molecule is COc1ccc([C@@]23C(=O)N(Nc4ccc(Cl)cc4Cl)C(=O)[C@@H]2C[C@@H]2C(=CC[C@@H]4C(=O)N(c5cc(C(F)(F)F)cc(C(F)(F)F)c5)C(=O)[C@@H]42)[C@@H]3c2cc(C)c(O)c(C)c2)cc1. The molecule has 2 aliphatic carbocycles. The molecule has 2 aliphatic heterocycles. The molecule has 2 N–H and O–H groups in total. The number of amides is 4. The third kappa shape index (κ3) is 6.30. The Bertz CT molecular complexity index is 2490. The minimum atomic E-state index is -5.25. The van der Waals surface area contributed by atoms with Crippen molar-refractivity contribution in [2.24, 2.45) is 23.7 Å². The average Bonchev–Trinajstić information content (AvgIpc) is 3.57. The number of benzene rings is 4. The molecular weight excluding hydrogens is 839 g/mol. The number of alkyl halides is 6. The number of phenolic OH excluding ortho intramolecular Hbond substituents is 1. The van der Waals surface area contributed by atoms with Crippen molar-refractivity contribution in [2.75, 3.05) is 17.4 Å². The van der Waals surface area contributed by atoms with Gasteiger partial charge in [-0.05, 0) is 103 Å². The van der Waals surface area contributed by atoms with Crippen LogP contribution < -0.4 is 15.1 Å². The van der Waals surface area contributed by atoms with Gasteiger partial charge in [0.1, 0.15) is 11.5 Å². The first kappa shape index (κ1) is 41.2. The largest absolute Gasteiger partial charge is 0.507 e. The molecular formula is C43H33Cl2F6N3O6. The molecule has 8 rings (SSSR count). The lowest BCUT2D eigenvalue weighted by molar-refractivity contribution is -0.143. The number of hydrogen-bond acceptors (Lipinski definition) is 7. The number of carbonyl (C=O) groups is 4. The summed E-state index contributed by atoms with van der Waals surface area (Å²) in [6.45, 7) is 3.29. The summed E-state index contributed by atoms with van der Waals surface area (Å²) in [5, 5.41) is 12.1. The molecule has 6 atom stereocenters. The summed E-state index contributed by atoms with van der Waals surface area (Å²) < 4.78 is 89.2. The van der Waals surface area contributed by atoms with Gasteiger partial charge in [0.25, 0.3) is 11.8 Å². The molecule has 1 saturated carbocycles. The van der Waals surface area contributed by atoms with Crippen molar-refractivity contribution in [1.29, 1.82) is 0 Å². The summed E-state index contributed by atoms with van der Waals surface area (Å²) in [6, 6.07) is 14.8. The van der Waals surface area contributed by atoms with Gasteiger partial charge in [-0.25, -0.2) is 4.90 Å². The summed E-state index contributed by atoms with van der Waals surface area (Å²) >= 11 is 12.6. The molecule has 0 spiro atoms. The van der Waals surface area contributed by atoms with E-state index in [1.54, 1.807) is 56.3 Å². The Hall–Kier alpha value is -5.54. The number of hydrazine groups is 1. The molecule has 4 aromatic rings. The molecule has 2 heterocycles. The van der Waals surface area contributed by atoms with E-state index in [4.69, 9.17) is 27.9 Å². The molecule has 2 saturated heterocycles. The van der Waals surface area contributed by atoms with Crippen LogP contribution >= 0.6 is 23.2 Å². The van der Waals surface area contributed by atoms with Crippen molar-refractivity contribution in [3.8, 4) is 11.5 Å². The first-order valence-electron chi connectivity index (χ1n) is 18.6. The molecule has 60 heavy (non-hydrogen) atoms. The highest BCUT2D eigenvalue weighted by atomic mass is 35.5. The topological polar surface area (TPSA) is 116 Å². The Morgan fingerprint density at radius 3 is 1.98 bits per heavy atom. The number of hydrogen-bond donors (Lipinski definition) is 2. The molecule has 0 aromatic heterocycles. The van der Waals surface area contributed by atoms with Crippen LogP contribution in [0.5, 0.6) is 11.5 Å². The first-order chi connectivity index (χ1) is 28.2. The van der Waals surface area contributed by atoms with Gasteiger partial charge >= 0.3 is 12.4 Å². The van der Waals surface area contributed by atoms with Crippen LogP contribution in [0.15, 0.2) is 84.4 Å². The molecule has 9 nitrogen and oxygen atoms in total. The highest BCUT2D eigenvalue weighted by Gasteiger charge is 2.70. The normalized spacial score (nSPS) is 25.2. The van der Waals surface area contributed by atoms with Crippen LogP contribution in [0.1, 0.15) is 52.1 Å². The Morgan fingerprint density at radius 1 is 0.800 bits per heavy atom. The summed E-state index contributed by atoms with van der Waals surface area (Å²) in [5.74, 6) is -8.99. The number of methoxy groups -OCH3 is 1. The van der Waals surface area contributed by atoms with Crippen molar-refractivity contribution in [3.05, 3.63) is 128 Å². The number of phenols is 1. The fraction of sp³-hybridized carbons (Fsp3) is 0.302. The molecule has 17 heteroatoms. The van der Waals surface area contributed by atoms with Crippen molar-refractivity contribution in [2.45, 2.75) is 50.4 Å². The molecule has 0 bridgehead atoms. The molecule has 4 aromatic carbocycles. The number of carbonyl (C=O) groups excluding carboxylic acids is 4. The maximum Gasteiger partial charge on any atom is 0.416 e. The highest BCUT2D eigenvalue weighted by Crippen LogP contribution is 2.64. The number of aromatic hydroxyl groups is 1. The molecule has 312 valence electrons. The van der Waals surface area contributed by atoms with E-state index in [0.29, 0.717) is 50.6 Å². The second-order valence-corrected chi connectivity index (χ2v) is 16.3. The number of rotatable bonds is 6. The van der Waals surface area contributed by atoms with Gasteiger partial charge in [-0.2, -0.15) is 31.4 Å². The second-order valence-electron chi connectivity index (χ2n) is 15.5. The Kier molecular flexibility index (Phi) is 9.82. The predicted octanol–water partition coefficient (Wildman–Crippen LogP) is 9.55. The number of nitrogens with zero attached hydrogens (tertiary/aromatic N) is 2. The van der Waals surface area contributed by atoms with Gasteiger partial charge in [0, 0.05) is 10.9 Å². The molecule has 3 fully saturated rings. The zero-order chi connectivity index (χ0) is 43.4. The number of allylic oxidation sites excluding steroid dienone is 2. The zero-order valence-corrected chi connectivity index (χ0v) is 33.2. The molecule has 4 aliphatic rings. The van der Waals surface area contributed by atoms with Crippen LogP contribution in [0.2, 0.25) is 10.0 Å². The van der Waals surface area contributed by atoms with Crippen molar-refractivity contribution in [1.82, 2.24) is 5.01 Å². The monoisotopic (exact) mass is 871 g/mol. The summed E-state index contributed by atoms with van der Waals surface area (Å²) in [4.78, 5) is 59.6. The van der Waals surface area contributed by atoms with Crippen LogP contribution in [-0.2, 0) is 36.9 Å². The van der Waals surface area contributed by atoms with Crippen LogP contribution in [-0.4, -0.2) is 40.9 Å². The van der Waals surface area contributed by atoms with E-state index in [1.165, 1.54) is 25.3 Å². The lowest BCUT2D eigenvalue weighted by Crippen LogP contribution is -2.53. The predicted molar refractivity (Wildman–Crippen MR) is 207 cm³/mol. The quantitative estimate of drug-likeness (QED) is 0.113. The fourth-order valence-electron chi connectivity index (χ4n) is 9.70.